The summed E-state index contributed by atoms with van der Waals surface area (Å²) in [6.45, 7) is 3.30. The van der Waals surface area contributed by atoms with Gasteiger partial charge in [0, 0.05) is 12.1 Å². The molecule has 2 aromatic heterocycles. The molecule has 2 aromatic carbocycles. The third-order valence-electron chi connectivity index (χ3n) is 5.57. The van der Waals surface area contributed by atoms with E-state index in [4.69, 9.17) is 15.0 Å². The predicted molar refractivity (Wildman–Crippen MR) is 130 cm³/mol. The van der Waals surface area contributed by atoms with Gasteiger partial charge in [0.1, 0.15) is 5.52 Å². The monoisotopic (exact) mass is 453 g/mol. The topological polar surface area (TPSA) is 88.6 Å². The van der Waals surface area contributed by atoms with Crippen LogP contribution >= 0.6 is 11.8 Å². The van der Waals surface area contributed by atoms with Gasteiger partial charge >= 0.3 is 0 Å². The van der Waals surface area contributed by atoms with Crippen LogP contribution in [0.1, 0.15) is 21.7 Å². The normalized spacial score (nSPS) is 14.6. The number of aromatic nitrogens is 4. The first kappa shape index (κ1) is 19.8. The Hall–Kier alpha value is -3.85. The van der Waals surface area contributed by atoms with E-state index in [9.17, 15) is 4.79 Å². The molecule has 6 rings (SSSR count). The van der Waals surface area contributed by atoms with Gasteiger partial charge in [0.15, 0.2) is 33.9 Å². The molecule has 4 aromatic rings. The lowest BCUT2D eigenvalue weighted by Crippen LogP contribution is -2.36. The summed E-state index contributed by atoms with van der Waals surface area (Å²) in [5, 5.41) is 5.39. The Morgan fingerprint density at radius 2 is 1.79 bits per heavy atom. The number of rotatable bonds is 4. The Kier molecular flexibility index (Phi) is 4.76. The van der Waals surface area contributed by atoms with Crippen molar-refractivity contribution in [2.24, 2.45) is 9.98 Å². The van der Waals surface area contributed by atoms with Gasteiger partial charge in [-0.15, -0.1) is 0 Å². The van der Waals surface area contributed by atoms with Gasteiger partial charge in [0.2, 0.25) is 0 Å². The molecule has 2 aliphatic rings. The van der Waals surface area contributed by atoms with Gasteiger partial charge in [-0.05, 0) is 19.1 Å². The van der Waals surface area contributed by atoms with Crippen LogP contribution in [0.5, 0.6) is 0 Å². The van der Waals surface area contributed by atoms with Crippen LogP contribution in [0.2, 0.25) is 0 Å². The number of aryl methyl sites for hydroxylation is 1. The molecular formula is C24H19N7OS. The van der Waals surface area contributed by atoms with Crippen LogP contribution < -0.4 is 0 Å². The van der Waals surface area contributed by atoms with Gasteiger partial charge < -0.3 is 4.90 Å². The molecule has 0 saturated heterocycles. The van der Waals surface area contributed by atoms with Crippen LogP contribution in [0.4, 0.5) is 5.82 Å². The highest BCUT2D eigenvalue weighted by molar-refractivity contribution is 8.14. The fraction of sp³-hybridized carbons (Fsp3) is 0.167. The molecule has 0 unspecified atom stereocenters. The third kappa shape index (κ3) is 3.41. The number of fused-ring (bicyclic) bond motifs is 4. The maximum atomic E-state index is 12.6. The fourth-order valence-electron chi connectivity index (χ4n) is 3.97. The predicted octanol–water partition coefficient (Wildman–Crippen LogP) is 3.80. The number of ketones is 1. The molecule has 0 atom stereocenters. The van der Waals surface area contributed by atoms with Crippen LogP contribution in [-0.4, -0.2) is 60.3 Å². The number of para-hydroxylation sites is 1. The number of aliphatic imine (C=N–C) groups is 2. The molecule has 0 aliphatic carbocycles. The number of hydrogen-bond acceptors (Lipinski definition) is 8. The molecule has 33 heavy (non-hydrogen) atoms. The first-order valence-corrected chi connectivity index (χ1v) is 11.6. The average molecular weight is 454 g/mol. The van der Waals surface area contributed by atoms with Gasteiger partial charge in [-0.25, -0.2) is 19.6 Å². The SMILES string of the molecule is Cc1nn(-c2ccccc2)c2nc3c(nc12)C1=NCCN1C(SCC(=O)c1ccccc1)=N3. The molecule has 8 nitrogen and oxygen atoms in total. The van der Waals surface area contributed by atoms with E-state index >= 15 is 0 Å². The van der Waals surface area contributed by atoms with Crippen LogP contribution in [0.25, 0.3) is 16.9 Å². The van der Waals surface area contributed by atoms with Gasteiger partial charge in [-0.2, -0.15) is 5.10 Å². The molecule has 0 amide bonds. The second kappa shape index (κ2) is 7.93. The summed E-state index contributed by atoms with van der Waals surface area (Å²) in [5.41, 5.74) is 4.45. The van der Waals surface area contributed by atoms with E-state index in [1.165, 1.54) is 11.8 Å². The molecule has 0 fully saturated rings. The highest BCUT2D eigenvalue weighted by Gasteiger charge is 2.33. The Labute approximate surface area is 194 Å². The van der Waals surface area contributed by atoms with Crippen molar-refractivity contribution in [3.8, 4) is 5.69 Å². The van der Waals surface area contributed by atoms with Gasteiger partial charge in [0.25, 0.3) is 0 Å². The van der Waals surface area contributed by atoms with Crippen molar-refractivity contribution in [2.75, 3.05) is 18.8 Å². The van der Waals surface area contributed by atoms with Crippen molar-refractivity contribution in [1.29, 1.82) is 0 Å². The van der Waals surface area contributed by atoms with Crippen LogP contribution in [0, 0.1) is 6.92 Å². The van der Waals surface area contributed by atoms with E-state index in [-0.39, 0.29) is 5.78 Å². The number of hydrogen-bond donors (Lipinski definition) is 0. The number of nitrogens with zero attached hydrogens (tertiary/aromatic N) is 7. The standard InChI is InChI=1S/C24H19N7OS/c1-15-19-23(31(29-15)17-10-6-3-7-11-17)27-21-20(26-19)22-25-12-13-30(22)24(28-21)33-14-18(32)16-8-4-2-5-9-16/h2-11H,12-14H2,1H3. The van der Waals surface area contributed by atoms with Crippen LogP contribution in [0.3, 0.4) is 0 Å². The molecule has 4 heterocycles. The van der Waals surface area contributed by atoms with Crippen LogP contribution in [-0.2, 0) is 0 Å². The molecule has 0 spiro atoms. The zero-order valence-corrected chi connectivity index (χ0v) is 18.7. The van der Waals surface area contributed by atoms with Crippen molar-refractivity contribution in [1.82, 2.24) is 24.6 Å². The number of Topliss-reactive ketones (excluding diaryl/α,β-unsaturated/α-hetero) is 1. The van der Waals surface area contributed by atoms with Crippen LogP contribution in [0.15, 0.2) is 70.6 Å². The molecule has 2 aliphatic heterocycles. The minimum Gasteiger partial charge on any atom is -0.302 e. The Morgan fingerprint density at radius 1 is 1.03 bits per heavy atom. The lowest BCUT2D eigenvalue weighted by molar-refractivity contribution is 0.102. The van der Waals surface area contributed by atoms with Gasteiger partial charge in [-0.1, -0.05) is 60.3 Å². The largest absolute Gasteiger partial charge is 0.302 e. The van der Waals surface area contributed by atoms with Crippen molar-refractivity contribution >= 4 is 45.5 Å². The van der Waals surface area contributed by atoms with E-state index in [0.29, 0.717) is 41.6 Å². The Balaban J connectivity index is 1.40. The molecule has 0 N–H and O–H groups in total. The summed E-state index contributed by atoms with van der Waals surface area (Å²) in [6, 6.07) is 19.2. The van der Waals surface area contributed by atoms with Crippen molar-refractivity contribution in [2.45, 2.75) is 6.92 Å². The number of thioether (sulfide) groups is 1. The van der Waals surface area contributed by atoms with Gasteiger partial charge in [0.05, 0.1) is 23.7 Å². The van der Waals surface area contributed by atoms with Crippen molar-refractivity contribution in [3.05, 3.63) is 77.6 Å². The molecule has 0 saturated carbocycles. The molecule has 0 bridgehead atoms. The van der Waals surface area contributed by atoms with Crippen molar-refractivity contribution < 1.29 is 4.79 Å². The summed E-state index contributed by atoms with van der Waals surface area (Å²) in [5.74, 6) is 1.62. The highest BCUT2D eigenvalue weighted by Crippen LogP contribution is 2.32. The number of carbonyl (C=O) groups excluding carboxylic acids is 1. The second-order valence-corrected chi connectivity index (χ2v) is 8.67. The smallest absolute Gasteiger partial charge is 0.186 e. The van der Waals surface area contributed by atoms with Crippen molar-refractivity contribution in [3.63, 3.8) is 0 Å². The van der Waals surface area contributed by atoms with Gasteiger partial charge in [-0.3, -0.25) is 9.79 Å². The average Bonchev–Trinajstić information content (AvgIpc) is 3.48. The van der Waals surface area contributed by atoms with E-state index in [1.807, 2.05) is 72.5 Å². The summed E-state index contributed by atoms with van der Waals surface area (Å²) >= 11 is 1.41. The summed E-state index contributed by atoms with van der Waals surface area (Å²) in [7, 11) is 0. The summed E-state index contributed by atoms with van der Waals surface area (Å²) in [4.78, 5) is 33.9. The first-order chi connectivity index (χ1) is 16.2. The molecular weight excluding hydrogens is 434 g/mol. The maximum Gasteiger partial charge on any atom is 0.186 e. The number of carbonyl (C=O) groups is 1. The lowest BCUT2D eigenvalue weighted by atomic mass is 10.2. The maximum absolute atomic E-state index is 12.6. The van der Waals surface area contributed by atoms with E-state index < -0.39 is 0 Å². The van der Waals surface area contributed by atoms with E-state index in [1.54, 1.807) is 4.68 Å². The second-order valence-electron chi connectivity index (χ2n) is 7.73. The number of benzene rings is 2. The Bertz CT molecular complexity index is 1440. The summed E-state index contributed by atoms with van der Waals surface area (Å²) < 4.78 is 1.79. The van der Waals surface area contributed by atoms with E-state index in [0.717, 1.165) is 27.9 Å². The first-order valence-electron chi connectivity index (χ1n) is 10.6. The Morgan fingerprint density at radius 3 is 2.58 bits per heavy atom. The lowest BCUT2D eigenvalue weighted by Gasteiger charge is -2.25. The molecule has 9 heteroatoms. The third-order valence-corrected chi connectivity index (χ3v) is 6.54. The number of amidine groups is 2. The quantitative estimate of drug-likeness (QED) is 0.437. The molecule has 0 radical (unpaired) electrons. The molecule has 162 valence electrons. The zero-order valence-electron chi connectivity index (χ0n) is 17.8. The minimum absolute atomic E-state index is 0.0612. The minimum atomic E-state index is 0.0612. The van der Waals surface area contributed by atoms with E-state index in [2.05, 4.69) is 10.1 Å². The zero-order chi connectivity index (χ0) is 22.4. The highest BCUT2D eigenvalue weighted by atomic mass is 32.2. The summed E-state index contributed by atoms with van der Waals surface area (Å²) in [6.07, 6.45) is 0. The fourth-order valence-corrected chi connectivity index (χ4v) is 4.88.